The Labute approximate surface area is 140 Å². The molecule has 0 atom stereocenters. The van der Waals surface area contributed by atoms with Gasteiger partial charge in [-0.2, -0.15) is 18.2 Å². The number of rotatable bonds is 6. The van der Waals surface area contributed by atoms with Gasteiger partial charge in [-0.15, -0.1) is 0 Å². The molecule has 25 heavy (non-hydrogen) atoms. The number of aromatic nitrogens is 2. The van der Waals surface area contributed by atoms with Gasteiger partial charge in [-0.25, -0.2) is 4.98 Å². The zero-order chi connectivity index (χ0) is 18.0. The van der Waals surface area contributed by atoms with Gasteiger partial charge in [-0.1, -0.05) is 12.1 Å². The molecule has 1 aliphatic carbocycles. The Kier molecular flexibility index (Phi) is 4.43. The maximum atomic E-state index is 13.0. The Morgan fingerprint density at radius 2 is 2.00 bits per heavy atom. The van der Waals surface area contributed by atoms with Crippen LogP contribution in [0.2, 0.25) is 0 Å². The van der Waals surface area contributed by atoms with Crippen molar-refractivity contribution in [3.8, 4) is 0 Å². The van der Waals surface area contributed by atoms with Gasteiger partial charge in [0, 0.05) is 30.8 Å². The van der Waals surface area contributed by atoms with E-state index in [1.165, 1.54) is 18.2 Å². The predicted octanol–water partition coefficient (Wildman–Crippen LogP) is 3.59. The van der Waals surface area contributed by atoms with Crippen molar-refractivity contribution in [2.24, 2.45) is 0 Å². The van der Waals surface area contributed by atoms with E-state index in [0.29, 0.717) is 5.56 Å². The van der Waals surface area contributed by atoms with Crippen LogP contribution >= 0.6 is 0 Å². The van der Waals surface area contributed by atoms with E-state index in [1.807, 2.05) is 0 Å². The lowest BCUT2D eigenvalue weighted by molar-refractivity contribution is -0.384. The molecule has 132 valence electrons. The highest BCUT2D eigenvalue weighted by Crippen LogP contribution is 2.31. The van der Waals surface area contributed by atoms with Gasteiger partial charge >= 0.3 is 6.18 Å². The van der Waals surface area contributed by atoms with Gasteiger partial charge in [-0.3, -0.25) is 10.1 Å². The molecule has 1 fully saturated rings. The molecule has 3 rings (SSSR count). The van der Waals surface area contributed by atoms with Crippen molar-refractivity contribution in [2.75, 3.05) is 10.6 Å². The number of hydrogen-bond acceptors (Lipinski definition) is 6. The summed E-state index contributed by atoms with van der Waals surface area (Å²) < 4.78 is 39.0. The number of nitro benzene ring substituents is 1. The molecule has 1 saturated carbocycles. The van der Waals surface area contributed by atoms with Crippen molar-refractivity contribution in [2.45, 2.75) is 31.6 Å². The summed E-state index contributed by atoms with van der Waals surface area (Å²) in [4.78, 5) is 17.8. The number of nitrogens with zero attached hydrogens (tertiary/aromatic N) is 3. The molecule has 1 aromatic carbocycles. The summed E-state index contributed by atoms with van der Waals surface area (Å²) in [6, 6.07) is 6.75. The first-order valence-electron chi connectivity index (χ1n) is 7.51. The lowest BCUT2D eigenvalue weighted by atomic mass is 10.2. The van der Waals surface area contributed by atoms with Crippen LogP contribution in [0.5, 0.6) is 0 Å². The minimum atomic E-state index is -4.59. The Balaban J connectivity index is 1.78. The molecule has 2 N–H and O–H groups in total. The Morgan fingerprint density at radius 3 is 2.64 bits per heavy atom. The lowest BCUT2D eigenvalue weighted by Gasteiger charge is -2.12. The van der Waals surface area contributed by atoms with Crippen LogP contribution in [0.4, 0.5) is 30.6 Å². The third-order valence-corrected chi connectivity index (χ3v) is 3.52. The van der Waals surface area contributed by atoms with Crippen molar-refractivity contribution >= 4 is 17.5 Å². The summed E-state index contributed by atoms with van der Waals surface area (Å²) in [6.07, 6.45) is -2.85. The Hall–Kier alpha value is -2.91. The third kappa shape index (κ3) is 4.55. The standard InChI is InChI=1S/C15H14F3N5O2/c16-15(17,18)12-7-13(22-14(21-12)20-10-4-5-10)19-8-9-2-1-3-11(6-9)23(24)25/h1-3,6-7,10H,4-5,8H2,(H2,19,20,21,22). The van der Waals surface area contributed by atoms with Crippen LogP contribution in [-0.4, -0.2) is 20.9 Å². The number of nitrogens with one attached hydrogen (secondary N) is 2. The summed E-state index contributed by atoms with van der Waals surface area (Å²) >= 11 is 0. The van der Waals surface area contributed by atoms with Crippen LogP contribution in [0.15, 0.2) is 30.3 Å². The summed E-state index contributed by atoms with van der Waals surface area (Å²) in [5.41, 5.74) is -0.584. The molecule has 2 aromatic rings. The fraction of sp³-hybridized carbons (Fsp3) is 0.333. The summed E-state index contributed by atoms with van der Waals surface area (Å²) in [5.74, 6) is -0.0872. The van der Waals surface area contributed by atoms with Gasteiger partial charge in [0.05, 0.1) is 4.92 Å². The molecule has 0 amide bonds. The largest absolute Gasteiger partial charge is 0.433 e. The summed E-state index contributed by atoms with van der Waals surface area (Å²) in [7, 11) is 0. The Morgan fingerprint density at radius 1 is 1.24 bits per heavy atom. The van der Waals surface area contributed by atoms with Crippen LogP contribution < -0.4 is 10.6 Å². The normalized spacial score (nSPS) is 14.2. The number of anilines is 2. The molecule has 0 spiro atoms. The first-order chi connectivity index (χ1) is 11.8. The number of benzene rings is 1. The number of halogens is 3. The SMILES string of the molecule is O=[N+]([O-])c1cccc(CNc2cc(C(F)(F)F)nc(NC3CC3)n2)c1. The smallest absolute Gasteiger partial charge is 0.366 e. The summed E-state index contributed by atoms with van der Waals surface area (Å²) in [6.45, 7) is 0.0961. The molecule has 10 heteroatoms. The van der Waals surface area contributed by atoms with Gasteiger partial charge in [0.15, 0.2) is 5.69 Å². The van der Waals surface area contributed by atoms with E-state index in [-0.39, 0.29) is 30.0 Å². The average Bonchev–Trinajstić information content (AvgIpc) is 3.36. The minimum absolute atomic E-state index is 0.00280. The average molecular weight is 353 g/mol. The van der Waals surface area contributed by atoms with Crippen molar-refractivity contribution in [1.29, 1.82) is 0 Å². The van der Waals surface area contributed by atoms with E-state index in [2.05, 4.69) is 20.6 Å². The third-order valence-electron chi connectivity index (χ3n) is 3.52. The molecule has 0 radical (unpaired) electrons. The van der Waals surface area contributed by atoms with E-state index in [9.17, 15) is 23.3 Å². The molecule has 0 saturated heterocycles. The van der Waals surface area contributed by atoms with Gasteiger partial charge in [-0.05, 0) is 18.4 Å². The molecule has 1 aromatic heterocycles. The molecule has 0 unspecified atom stereocenters. The first-order valence-corrected chi connectivity index (χ1v) is 7.51. The highest BCUT2D eigenvalue weighted by molar-refractivity contribution is 5.45. The fourth-order valence-corrected chi connectivity index (χ4v) is 2.13. The van der Waals surface area contributed by atoms with Gasteiger partial charge in [0.1, 0.15) is 5.82 Å². The van der Waals surface area contributed by atoms with Crippen molar-refractivity contribution in [3.05, 3.63) is 51.7 Å². The van der Waals surface area contributed by atoms with E-state index < -0.39 is 16.8 Å². The molecule has 7 nitrogen and oxygen atoms in total. The quantitative estimate of drug-likeness (QED) is 0.609. The fourth-order valence-electron chi connectivity index (χ4n) is 2.13. The van der Waals surface area contributed by atoms with Crippen molar-refractivity contribution < 1.29 is 18.1 Å². The monoisotopic (exact) mass is 353 g/mol. The second-order valence-corrected chi connectivity index (χ2v) is 5.66. The lowest BCUT2D eigenvalue weighted by Crippen LogP contribution is -2.15. The molecule has 0 aliphatic heterocycles. The molecule has 1 aliphatic rings. The molecular formula is C15H14F3N5O2. The number of alkyl halides is 3. The second-order valence-electron chi connectivity index (χ2n) is 5.66. The number of nitro groups is 1. The second kappa shape index (κ2) is 6.54. The summed E-state index contributed by atoms with van der Waals surface area (Å²) in [5, 5.41) is 16.4. The zero-order valence-corrected chi connectivity index (χ0v) is 12.9. The molecule has 1 heterocycles. The van der Waals surface area contributed by atoms with E-state index in [1.54, 1.807) is 6.07 Å². The minimum Gasteiger partial charge on any atom is -0.366 e. The van der Waals surface area contributed by atoms with Gasteiger partial charge in [0.25, 0.3) is 5.69 Å². The van der Waals surface area contributed by atoms with Crippen molar-refractivity contribution in [1.82, 2.24) is 9.97 Å². The van der Waals surface area contributed by atoms with Gasteiger partial charge < -0.3 is 10.6 Å². The Bertz CT molecular complexity index is 793. The highest BCUT2D eigenvalue weighted by atomic mass is 19.4. The molecular weight excluding hydrogens is 339 g/mol. The van der Waals surface area contributed by atoms with E-state index in [0.717, 1.165) is 18.9 Å². The maximum Gasteiger partial charge on any atom is 0.433 e. The van der Waals surface area contributed by atoms with Crippen LogP contribution in [0.25, 0.3) is 0 Å². The number of hydrogen-bond donors (Lipinski definition) is 2. The van der Waals surface area contributed by atoms with Crippen LogP contribution in [0, 0.1) is 10.1 Å². The van der Waals surface area contributed by atoms with Gasteiger partial charge in [0.2, 0.25) is 5.95 Å². The highest BCUT2D eigenvalue weighted by Gasteiger charge is 2.34. The van der Waals surface area contributed by atoms with Crippen LogP contribution in [0.3, 0.4) is 0 Å². The van der Waals surface area contributed by atoms with E-state index in [4.69, 9.17) is 0 Å². The number of non-ortho nitro benzene ring substituents is 1. The predicted molar refractivity (Wildman–Crippen MR) is 84.1 cm³/mol. The molecule has 0 bridgehead atoms. The first kappa shape index (κ1) is 16.9. The van der Waals surface area contributed by atoms with Crippen LogP contribution in [-0.2, 0) is 12.7 Å². The zero-order valence-electron chi connectivity index (χ0n) is 12.9. The van der Waals surface area contributed by atoms with Crippen molar-refractivity contribution in [3.63, 3.8) is 0 Å². The maximum absolute atomic E-state index is 13.0. The van der Waals surface area contributed by atoms with Crippen LogP contribution in [0.1, 0.15) is 24.1 Å². The van der Waals surface area contributed by atoms with E-state index >= 15 is 0 Å². The topological polar surface area (TPSA) is 93.0 Å².